The lowest BCUT2D eigenvalue weighted by molar-refractivity contribution is -0.422. The van der Waals surface area contributed by atoms with Crippen molar-refractivity contribution in [3.8, 4) is 0 Å². The van der Waals surface area contributed by atoms with Gasteiger partial charge in [0.1, 0.15) is 7.05 Å². The summed E-state index contributed by atoms with van der Waals surface area (Å²) in [7, 11) is 2.12. The maximum absolute atomic E-state index is 2.23. The van der Waals surface area contributed by atoms with Crippen LogP contribution in [0.25, 0.3) is 0 Å². The molecule has 0 aromatic heterocycles. The van der Waals surface area contributed by atoms with Gasteiger partial charge < -0.3 is 0 Å². The van der Waals surface area contributed by atoms with Crippen LogP contribution in [0.15, 0.2) is 60.8 Å². The number of aryl methyl sites for hydroxylation is 1. The van der Waals surface area contributed by atoms with Gasteiger partial charge in [-0.25, -0.2) is 4.58 Å². The Bertz CT molecular complexity index is 530. The van der Waals surface area contributed by atoms with Crippen molar-refractivity contribution < 1.29 is 4.58 Å². The van der Waals surface area contributed by atoms with Crippen molar-refractivity contribution in [2.45, 2.75) is 19.8 Å². The smallest absolute Gasteiger partial charge is 0.192 e. The molecule has 0 N–H and O–H groups in total. The van der Waals surface area contributed by atoms with Gasteiger partial charge in [-0.15, -0.1) is 0 Å². The molecule has 1 heterocycles. The first-order chi connectivity index (χ1) is 8.79. The molecular weight excluding hydrogens is 218 g/mol. The first-order valence-electron chi connectivity index (χ1n) is 6.42. The van der Waals surface area contributed by atoms with Crippen LogP contribution in [0.2, 0.25) is 0 Å². The van der Waals surface area contributed by atoms with E-state index in [1.54, 1.807) is 0 Å². The molecule has 0 radical (unpaired) electrons. The summed E-state index contributed by atoms with van der Waals surface area (Å²) in [6.07, 6.45) is 14.9. The van der Waals surface area contributed by atoms with Crippen molar-refractivity contribution >= 4 is 5.71 Å². The van der Waals surface area contributed by atoms with Crippen molar-refractivity contribution in [1.82, 2.24) is 0 Å². The largest absolute Gasteiger partial charge is 0.205 e. The van der Waals surface area contributed by atoms with E-state index in [2.05, 4.69) is 79.4 Å². The molecule has 0 aliphatic carbocycles. The van der Waals surface area contributed by atoms with E-state index in [0.717, 1.165) is 12.8 Å². The minimum absolute atomic E-state index is 0.954. The van der Waals surface area contributed by atoms with Gasteiger partial charge in [0.05, 0.1) is 6.42 Å². The molecule has 0 atom stereocenters. The fraction of sp³-hybridized carbons (Fsp3) is 0.235. The van der Waals surface area contributed by atoms with Crippen molar-refractivity contribution in [2.24, 2.45) is 0 Å². The number of rotatable bonds is 1. The van der Waals surface area contributed by atoms with E-state index < -0.39 is 0 Å². The number of allylic oxidation sites excluding steroid dienone is 5. The van der Waals surface area contributed by atoms with Crippen LogP contribution in [0.1, 0.15) is 24.0 Å². The van der Waals surface area contributed by atoms with E-state index in [1.165, 1.54) is 16.8 Å². The van der Waals surface area contributed by atoms with Gasteiger partial charge in [-0.2, -0.15) is 0 Å². The molecule has 92 valence electrons. The van der Waals surface area contributed by atoms with Crippen LogP contribution in [-0.4, -0.2) is 17.3 Å². The Morgan fingerprint density at radius 2 is 1.78 bits per heavy atom. The third kappa shape index (κ3) is 3.07. The molecule has 2 rings (SSSR count). The Morgan fingerprint density at radius 3 is 2.61 bits per heavy atom. The standard InChI is InChI=1S/C17H20N/c1-15-11-8-9-12-16(15)17-13-7-5-3-4-6-10-14-18(17)2/h3-5,7-12,14H,6,13H2,1-2H3/q+1/b4-3-,7-5-,14-10-,18-17?. The Hall–Kier alpha value is -1.89. The lowest BCUT2D eigenvalue weighted by Gasteiger charge is -2.06. The molecule has 0 bridgehead atoms. The highest BCUT2D eigenvalue weighted by atomic mass is 14.9. The zero-order valence-corrected chi connectivity index (χ0v) is 11.1. The van der Waals surface area contributed by atoms with Gasteiger partial charge in [0.2, 0.25) is 0 Å². The summed E-state index contributed by atoms with van der Waals surface area (Å²) < 4.78 is 2.23. The van der Waals surface area contributed by atoms with E-state index in [1.807, 2.05) is 0 Å². The summed E-state index contributed by atoms with van der Waals surface area (Å²) >= 11 is 0. The van der Waals surface area contributed by atoms with E-state index in [0.29, 0.717) is 0 Å². The Balaban J connectivity index is 2.44. The lowest BCUT2D eigenvalue weighted by Crippen LogP contribution is -2.14. The molecule has 1 aliphatic heterocycles. The van der Waals surface area contributed by atoms with Gasteiger partial charge in [-0.1, -0.05) is 42.5 Å². The predicted octanol–water partition coefficient (Wildman–Crippen LogP) is 3.85. The summed E-state index contributed by atoms with van der Waals surface area (Å²) in [6, 6.07) is 8.57. The van der Waals surface area contributed by atoms with Crippen LogP contribution in [-0.2, 0) is 0 Å². The maximum Gasteiger partial charge on any atom is 0.192 e. The number of hydrogen-bond donors (Lipinski definition) is 0. The lowest BCUT2D eigenvalue weighted by atomic mass is 10.0. The molecule has 0 unspecified atom stereocenters. The predicted molar refractivity (Wildman–Crippen MR) is 78.1 cm³/mol. The average Bonchev–Trinajstić information content (AvgIpc) is 2.38. The monoisotopic (exact) mass is 238 g/mol. The Morgan fingerprint density at radius 1 is 1.00 bits per heavy atom. The Labute approximate surface area is 109 Å². The highest BCUT2D eigenvalue weighted by Crippen LogP contribution is 2.12. The molecule has 1 aromatic rings. The molecule has 1 aliphatic rings. The summed E-state index contributed by atoms with van der Waals surface area (Å²) in [6.45, 7) is 2.17. The number of hydrogen-bond acceptors (Lipinski definition) is 0. The molecule has 0 amide bonds. The van der Waals surface area contributed by atoms with Crippen molar-refractivity contribution in [3.63, 3.8) is 0 Å². The fourth-order valence-corrected chi connectivity index (χ4v) is 2.14. The third-order valence-corrected chi connectivity index (χ3v) is 3.18. The summed E-state index contributed by atoms with van der Waals surface area (Å²) in [5.41, 5.74) is 4.00. The van der Waals surface area contributed by atoms with Gasteiger partial charge in [-0.3, -0.25) is 0 Å². The maximum atomic E-state index is 2.23. The second-order valence-electron chi connectivity index (χ2n) is 4.55. The summed E-state index contributed by atoms with van der Waals surface area (Å²) in [5.74, 6) is 0. The molecule has 0 saturated heterocycles. The molecule has 1 nitrogen and oxygen atoms in total. The number of benzene rings is 1. The molecule has 0 saturated carbocycles. The van der Waals surface area contributed by atoms with Crippen molar-refractivity contribution in [1.29, 1.82) is 0 Å². The molecule has 1 aromatic carbocycles. The van der Waals surface area contributed by atoms with Gasteiger partial charge in [0.15, 0.2) is 11.9 Å². The normalized spacial score (nSPS) is 21.4. The number of nitrogens with zero attached hydrogens (tertiary/aromatic N) is 1. The van der Waals surface area contributed by atoms with E-state index in [4.69, 9.17) is 0 Å². The van der Waals surface area contributed by atoms with E-state index in [9.17, 15) is 0 Å². The van der Waals surface area contributed by atoms with Gasteiger partial charge >= 0.3 is 0 Å². The van der Waals surface area contributed by atoms with Crippen molar-refractivity contribution in [3.05, 3.63) is 72.0 Å². The van der Waals surface area contributed by atoms with E-state index in [-0.39, 0.29) is 0 Å². The molecule has 1 heteroatoms. The summed E-state index contributed by atoms with van der Waals surface area (Å²) in [5, 5.41) is 0. The molecule has 0 fully saturated rings. The van der Waals surface area contributed by atoms with Crippen LogP contribution in [0, 0.1) is 6.92 Å². The topological polar surface area (TPSA) is 3.01 Å². The summed E-state index contributed by atoms with van der Waals surface area (Å²) in [4.78, 5) is 0. The van der Waals surface area contributed by atoms with Crippen LogP contribution in [0.4, 0.5) is 0 Å². The molecular formula is C17H20N+. The van der Waals surface area contributed by atoms with Crippen molar-refractivity contribution in [2.75, 3.05) is 7.05 Å². The van der Waals surface area contributed by atoms with Crippen LogP contribution >= 0.6 is 0 Å². The highest BCUT2D eigenvalue weighted by molar-refractivity contribution is 5.99. The second kappa shape index (κ2) is 6.15. The fourth-order valence-electron chi connectivity index (χ4n) is 2.14. The average molecular weight is 238 g/mol. The quantitative estimate of drug-likeness (QED) is 0.654. The van der Waals surface area contributed by atoms with Gasteiger partial charge in [-0.05, 0) is 31.1 Å². The SMILES string of the molecule is Cc1ccccc1C1=[N+](C)/C=C\C/C=C\C=C/C1. The second-order valence-corrected chi connectivity index (χ2v) is 4.55. The van der Waals surface area contributed by atoms with Gasteiger partial charge in [0.25, 0.3) is 0 Å². The Kier molecular flexibility index (Phi) is 4.30. The van der Waals surface area contributed by atoms with Crippen LogP contribution in [0.3, 0.4) is 0 Å². The molecule has 0 spiro atoms. The third-order valence-electron chi connectivity index (χ3n) is 3.18. The van der Waals surface area contributed by atoms with Gasteiger partial charge in [0, 0.05) is 5.56 Å². The first-order valence-corrected chi connectivity index (χ1v) is 6.42. The van der Waals surface area contributed by atoms with Crippen LogP contribution in [0.5, 0.6) is 0 Å². The minimum atomic E-state index is 0.954. The highest BCUT2D eigenvalue weighted by Gasteiger charge is 2.13. The first kappa shape index (κ1) is 12.6. The van der Waals surface area contributed by atoms with E-state index >= 15 is 0 Å². The van der Waals surface area contributed by atoms with Crippen LogP contribution < -0.4 is 0 Å². The zero-order valence-electron chi connectivity index (χ0n) is 11.1. The minimum Gasteiger partial charge on any atom is -0.205 e. The molecule has 18 heavy (non-hydrogen) atoms. The zero-order chi connectivity index (χ0) is 12.8.